The molecule has 0 spiro atoms. The molecule has 2 aliphatic rings. The normalized spacial score (nSPS) is 21.5. The third-order valence-electron chi connectivity index (χ3n) is 5.23. The molecule has 2 aromatic carbocycles. The van der Waals surface area contributed by atoms with E-state index in [0.29, 0.717) is 12.1 Å². The Morgan fingerprint density at radius 3 is 2.31 bits per heavy atom. The molecule has 0 aliphatic carbocycles. The van der Waals surface area contributed by atoms with Crippen molar-refractivity contribution in [2.75, 3.05) is 36.0 Å². The van der Waals surface area contributed by atoms with Gasteiger partial charge in [0.05, 0.1) is 38.3 Å². The number of hydrogen-bond donors (Lipinski definition) is 1. The summed E-state index contributed by atoms with van der Waals surface area (Å²) in [7, 11) is 0. The standard InChI is InChI=1S/C20H20ClN3O2/c21-15-5-4-8-17(13-15)22-9-11-23(12-10-22)18-14-19(25)24(20(18)26)16-6-2-1-3-7-16/h1-8,13,18H,9-12,14H2/p+1/t18-/m0/s1. The highest BCUT2D eigenvalue weighted by Gasteiger charge is 2.46. The van der Waals surface area contributed by atoms with Crippen LogP contribution in [0.5, 0.6) is 0 Å². The third kappa shape index (κ3) is 3.20. The van der Waals surface area contributed by atoms with Crippen molar-refractivity contribution in [2.24, 2.45) is 0 Å². The number of imide groups is 1. The Kier molecular flexibility index (Phi) is 4.66. The van der Waals surface area contributed by atoms with Crippen LogP contribution in [-0.2, 0) is 9.59 Å². The Balaban J connectivity index is 1.43. The number of carbonyl (C=O) groups is 2. The number of piperazine rings is 1. The number of hydrogen-bond acceptors (Lipinski definition) is 3. The minimum Gasteiger partial charge on any atom is -0.360 e. The van der Waals surface area contributed by atoms with Crippen molar-refractivity contribution >= 4 is 34.8 Å². The van der Waals surface area contributed by atoms with Gasteiger partial charge in [0.25, 0.3) is 5.91 Å². The number of rotatable bonds is 3. The minimum absolute atomic E-state index is 0.0765. The van der Waals surface area contributed by atoms with Crippen LogP contribution in [0, 0.1) is 0 Å². The van der Waals surface area contributed by atoms with Gasteiger partial charge >= 0.3 is 0 Å². The molecule has 1 atom stereocenters. The largest absolute Gasteiger partial charge is 0.360 e. The highest BCUT2D eigenvalue weighted by molar-refractivity contribution is 6.30. The van der Waals surface area contributed by atoms with Crippen molar-refractivity contribution in [1.29, 1.82) is 0 Å². The zero-order chi connectivity index (χ0) is 18.1. The molecule has 0 radical (unpaired) electrons. The predicted molar refractivity (Wildman–Crippen MR) is 102 cm³/mol. The maximum Gasteiger partial charge on any atom is 0.292 e. The molecule has 1 N–H and O–H groups in total. The molecule has 2 aliphatic heterocycles. The van der Waals surface area contributed by atoms with Gasteiger partial charge in [0.15, 0.2) is 6.04 Å². The van der Waals surface area contributed by atoms with Crippen molar-refractivity contribution in [2.45, 2.75) is 12.5 Å². The molecule has 134 valence electrons. The van der Waals surface area contributed by atoms with E-state index >= 15 is 0 Å². The van der Waals surface area contributed by atoms with Gasteiger partial charge in [-0.15, -0.1) is 0 Å². The molecule has 5 nitrogen and oxygen atoms in total. The van der Waals surface area contributed by atoms with Crippen LogP contribution in [0.15, 0.2) is 54.6 Å². The molecule has 0 aromatic heterocycles. The van der Waals surface area contributed by atoms with Crippen LogP contribution in [0.4, 0.5) is 11.4 Å². The van der Waals surface area contributed by atoms with Crippen molar-refractivity contribution < 1.29 is 14.5 Å². The monoisotopic (exact) mass is 370 g/mol. The zero-order valence-corrected chi connectivity index (χ0v) is 15.2. The smallest absolute Gasteiger partial charge is 0.292 e. The van der Waals surface area contributed by atoms with Gasteiger partial charge < -0.3 is 9.80 Å². The maximum atomic E-state index is 12.9. The van der Waals surface area contributed by atoms with E-state index in [2.05, 4.69) is 11.0 Å². The molecule has 2 aromatic rings. The lowest BCUT2D eigenvalue weighted by Crippen LogP contribution is -3.19. The first-order valence-corrected chi connectivity index (χ1v) is 9.28. The van der Waals surface area contributed by atoms with E-state index in [1.54, 1.807) is 0 Å². The van der Waals surface area contributed by atoms with E-state index in [1.165, 1.54) is 9.80 Å². The van der Waals surface area contributed by atoms with Crippen LogP contribution < -0.4 is 14.7 Å². The molecular weight excluding hydrogens is 350 g/mol. The SMILES string of the molecule is O=C1C[C@H]([NH+]2CCN(c3cccc(Cl)c3)CC2)C(=O)N1c1ccccc1. The first-order valence-electron chi connectivity index (χ1n) is 8.90. The number of halogens is 1. The molecule has 6 heteroatoms. The highest BCUT2D eigenvalue weighted by Crippen LogP contribution is 2.22. The lowest BCUT2D eigenvalue weighted by atomic mass is 10.1. The molecule has 2 heterocycles. The topological polar surface area (TPSA) is 45.1 Å². The van der Waals surface area contributed by atoms with Gasteiger partial charge in [0, 0.05) is 10.7 Å². The minimum atomic E-state index is -0.274. The van der Waals surface area contributed by atoms with E-state index in [4.69, 9.17) is 11.6 Å². The summed E-state index contributed by atoms with van der Waals surface area (Å²) < 4.78 is 0. The van der Waals surface area contributed by atoms with Crippen LogP contribution in [0.1, 0.15) is 6.42 Å². The van der Waals surface area contributed by atoms with Gasteiger partial charge in [0.2, 0.25) is 5.91 Å². The summed E-state index contributed by atoms with van der Waals surface area (Å²) in [5.74, 6) is -0.177. The van der Waals surface area contributed by atoms with E-state index in [9.17, 15) is 9.59 Å². The Hall–Kier alpha value is -2.37. The Morgan fingerprint density at radius 2 is 1.62 bits per heavy atom. The zero-order valence-electron chi connectivity index (χ0n) is 14.4. The second-order valence-electron chi connectivity index (χ2n) is 6.78. The average molecular weight is 371 g/mol. The predicted octanol–water partition coefficient (Wildman–Crippen LogP) is 1.38. The van der Waals surface area contributed by atoms with E-state index in [0.717, 1.165) is 36.9 Å². The van der Waals surface area contributed by atoms with Crippen molar-refractivity contribution in [3.05, 3.63) is 59.6 Å². The molecule has 0 unspecified atom stereocenters. The highest BCUT2D eigenvalue weighted by atomic mass is 35.5. The van der Waals surface area contributed by atoms with E-state index in [-0.39, 0.29) is 17.9 Å². The summed E-state index contributed by atoms with van der Waals surface area (Å²) in [5, 5.41) is 0.729. The fourth-order valence-electron chi connectivity index (χ4n) is 3.87. The lowest BCUT2D eigenvalue weighted by molar-refractivity contribution is -0.915. The van der Waals surface area contributed by atoms with Crippen molar-refractivity contribution in [1.82, 2.24) is 0 Å². The molecular formula is C20H21ClN3O2+. The quantitative estimate of drug-likeness (QED) is 0.830. The molecule has 2 amide bonds. The first kappa shape index (κ1) is 17.1. The van der Waals surface area contributed by atoms with Gasteiger partial charge in [0.1, 0.15) is 0 Å². The number of nitrogens with zero attached hydrogens (tertiary/aromatic N) is 2. The van der Waals surface area contributed by atoms with Crippen LogP contribution in [0.25, 0.3) is 0 Å². The summed E-state index contributed by atoms with van der Waals surface area (Å²) in [5.41, 5.74) is 1.78. The number of benzene rings is 2. The van der Waals surface area contributed by atoms with Crippen molar-refractivity contribution in [3.8, 4) is 0 Å². The molecule has 4 rings (SSSR count). The summed E-state index contributed by atoms with van der Waals surface area (Å²) in [6.07, 6.45) is 0.292. The van der Waals surface area contributed by atoms with Gasteiger partial charge in [-0.1, -0.05) is 35.9 Å². The van der Waals surface area contributed by atoms with Gasteiger partial charge in [-0.25, -0.2) is 4.90 Å². The van der Waals surface area contributed by atoms with Crippen molar-refractivity contribution in [3.63, 3.8) is 0 Å². The summed E-state index contributed by atoms with van der Waals surface area (Å²) >= 11 is 6.09. The number of amides is 2. The number of nitrogens with one attached hydrogen (secondary N) is 1. The summed E-state index contributed by atoms with van der Waals surface area (Å²) in [6, 6.07) is 16.8. The van der Waals surface area contributed by atoms with Crippen LogP contribution in [0.3, 0.4) is 0 Å². The first-order chi connectivity index (χ1) is 12.6. The number of para-hydroxylation sites is 1. The lowest BCUT2D eigenvalue weighted by Gasteiger charge is -2.35. The maximum absolute atomic E-state index is 12.9. The Bertz CT molecular complexity index is 819. The molecule has 2 saturated heterocycles. The second kappa shape index (κ2) is 7.09. The molecule has 0 bridgehead atoms. The summed E-state index contributed by atoms with van der Waals surface area (Å²) in [6.45, 7) is 3.36. The van der Waals surface area contributed by atoms with E-state index in [1.807, 2.05) is 48.5 Å². The Labute approximate surface area is 157 Å². The Morgan fingerprint density at radius 1 is 0.923 bits per heavy atom. The number of quaternary nitrogens is 1. The molecule has 2 fully saturated rings. The van der Waals surface area contributed by atoms with Gasteiger partial charge in [-0.2, -0.15) is 0 Å². The third-order valence-corrected chi connectivity index (χ3v) is 5.47. The summed E-state index contributed by atoms with van der Waals surface area (Å²) in [4.78, 5) is 30.1. The van der Waals surface area contributed by atoms with Crippen LogP contribution in [-0.4, -0.2) is 44.0 Å². The number of carbonyl (C=O) groups excluding carboxylic acids is 2. The van der Waals surface area contributed by atoms with Crippen LogP contribution in [0.2, 0.25) is 5.02 Å². The average Bonchev–Trinajstić information content (AvgIpc) is 2.97. The fourth-order valence-corrected chi connectivity index (χ4v) is 4.06. The fraction of sp³-hybridized carbons (Fsp3) is 0.300. The second-order valence-corrected chi connectivity index (χ2v) is 7.22. The van der Waals surface area contributed by atoms with Gasteiger partial charge in [-0.3, -0.25) is 9.59 Å². The molecule has 26 heavy (non-hydrogen) atoms. The van der Waals surface area contributed by atoms with E-state index < -0.39 is 0 Å². The number of anilines is 2. The van der Waals surface area contributed by atoms with Crippen LogP contribution >= 0.6 is 11.6 Å². The molecule has 0 saturated carbocycles. The van der Waals surface area contributed by atoms with Gasteiger partial charge in [-0.05, 0) is 30.3 Å².